The number of anilines is 2. The zero-order valence-electron chi connectivity index (χ0n) is 19.5. The number of benzene rings is 5. The predicted octanol–water partition coefficient (Wildman–Crippen LogP) is 6.69. The molecule has 0 radical (unpaired) electrons. The number of nitrogens with zero attached hydrogens (tertiary/aromatic N) is 1. The minimum absolute atomic E-state index is 0.195. The molecule has 0 saturated heterocycles. The van der Waals surface area contributed by atoms with E-state index in [-0.39, 0.29) is 17.0 Å². The molecule has 6 heteroatoms. The van der Waals surface area contributed by atoms with Gasteiger partial charge in [-0.05, 0) is 66.0 Å². The topological polar surface area (TPSA) is 75.7 Å². The van der Waals surface area contributed by atoms with E-state index in [4.69, 9.17) is 4.74 Å². The first-order valence-electron chi connectivity index (χ1n) is 11.7. The molecule has 0 atom stereocenters. The number of hydrogen-bond acceptors (Lipinski definition) is 4. The van der Waals surface area contributed by atoms with Gasteiger partial charge in [0.2, 0.25) is 0 Å². The zero-order chi connectivity index (χ0) is 25.4. The van der Waals surface area contributed by atoms with Gasteiger partial charge in [-0.2, -0.15) is 0 Å². The first-order valence-corrected chi connectivity index (χ1v) is 11.7. The smallest absolute Gasteiger partial charge is 0.266 e. The van der Waals surface area contributed by atoms with Crippen LogP contribution in [0.25, 0.3) is 10.8 Å². The van der Waals surface area contributed by atoms with E-state index in [2.05, 4.69) is 5.32 Å². The minimum atomic E-state index is -0.475. The van der Waals surface area contributed by atoms with E-state index in [9.17, 15) is 14.4 Å². The van der Waals surface area contributed by atoms with Crippen LogP contribution in [0.3, 0.4) is 0 Å². The van der Waals surface area contributed by atoms with Crippen molar-refractivity contribution < 1.29 is 19.1 Å². The fourth-order valence-electron chi connectivity index (χ4n) is 4.43. The van der Waals surface area contributed by atoms with Crippen molar-refractivity contribution in [3.63, 3.8) is 0 Å². The summed E-state index contributed by atoms with van der Waals surface area (Å²) in [6.07, 6.45) is 0. The maximum Gasteiger partial charge on any atom is 0.266 e. The highest BCUT2D eigenvalue weighted by molar-refractivity contribution is 6.34. The first-order chi connectivity index (χ1) is 18.1. The molecule has 0 aromatic heterocycles. The van der Waals surface area contributed by atoms with Crippen molar-refractivity contribution in [3.05, 3.63) is 132 Å². The molecule has 5 aromatic rings. The van der Waals surface area contributed by atoms with E-state index in [0.717, 1.165) is 15.7 Å². The Morgan fingerprint density at radius 2 is 1.32 bits per heavy atom. The summed E-state index contributed by atoms with van der Waals surface area (Å²) in [4.78, 5) is 40.5. The van der Waals surface area contributed by atoms with Gasteiger partial charge in [0, 0.05) is 16.6 Å². The van der Waals surface area contributed by atoms with Gasteiger partial charge in [0.1, 0.15) is 11.5 Å². The lowest BCUT2D eigenvalue weighted by Gasteiger charge is -2.14. The number of ether oxygens (including phenoxy) is 1. The van der Waals surface area contributed by atoms with Crippen LogP contribution in [0, 0.1) is 0 Å². The van der Waals surface area contributed by atoms with Crippen LogP contribution < -0.4 is 15.0 Å². The fourth-order valence-corrected chi connectivity index (χ4v) is 4.43. The van der Waals surface area contributed by atoms with Crippen molar-refractivity contribution in [1.82, 2.24) is 0 Å². The van der Waals surface area contributed by atoms with Gasteiger partial charge >= 0.3 is 0 Å². The molecule has 1 heterocycles. The van der Waals surface area contributed by atoms with Crippen molar-refractivity contribution in [2.24, 2.45) is 0 Å². The van der Waals surface area contributed by atoms with E-state index in [1.54, 1.807) is 30.3 Å². The predicted molar refractivity (Wildman–Crippen MR) is 142 cm³/mol. The maximum absolute atomic E-state index is 13.2. The first kappa shape index (κ1) is 22.2. The number of rotatable bonds is 5. The van der Waals surface area contributed by atoms with Crippen LogP contribution in [0.15, 0.2) is 115 Å². The van der Waals surface area contributed by atoms with E-state index in [1.807, 2.05) is 72.8 Å². The van der Waals surface area contributed by atoms with Crippen molar-refractivity contribution in [2.75, 3.05) is 10.2 Å². The summed E-state index contributed by atoms with van der Waals surface area (Å²) in [5.41, 5.74) is 1.84. The van der Waals surface area contributed by atoms with Crippen LogP contribution in [-0.4, -0.2) is 17.7 Å². The van der Waals surface area contributed by atoms with Gasteiger partial charge in [0.05, 0.1) is 16.8 Å². The van der Waals surface area contributed by atoms with Crippen LogP contribution in [0.2, 0.25) is 0 Å². The number of fused-ring (bicyclic) bond motifs is 2. The molecule has 0 unspecified atom stereocenters. The second kappa shape index (κ2) is 9.09. The van der Waals surface area contributed by atoms with E-state index < -0.39 is 11.8 Å². The average Bonchev–Trinajstić information content (AvgIpc) is 3.19. The van der Waals surface area contributed by atoms with Crippen molar-refractivity contribution in [2.45, 2.75) is 0 Å². The third-order valence-corrected chi connectivity index (χ3v) is 6.26. The Bertz CT molecular complexity index is 1670. The van der Waals surface area contributed by atoms with E-state index >= 15 is 0 Å². The van der Waals surface area contributed by atoms with Gasteiger partial charge < -0.3 is 10.1 Å². The highest BCUT2D eigenvalue weighted by Crippen LogP contribution is 2.32. The number of para-hydroxylation sites is 1. The third kappa shape index (κ3) is 4.10. The number of hydrogen-bond donors (Lipinski definition) is 1. The summed E-state index contributed by atoms with van der Waals surface area (Å²) in [6, 6.07) is 34.0. The summed E-state index contributed by atoms with van der Waals surface area (Å²) in [5, 5.41) is 4.84. The largest absolute Gasteiger partial charge is 0.457 e. The van der Waals surface area contributed by atoms with E-state index in [0.29, 0.717) is 28.4 Å². The van der Waals surface area contributed by atoms with Gasteiger partial charge in [-0.1, -0.05) is 54.6 Å². The Balaban J connectivity index is 1.23. The molecule has 0 saturated carbocycles. The molecule has 0 aliphatic carbocycles. The molecule has 6 nitrogen and oxygen atoms in total. The summed E-state index contributed by atoms with van der Waals surface area (Å²) in [6.45, 7) is 0. The average molecular weight is 485 g/mol. The molecule has 1 N–H and O–H groups in total. The molecule has 3 amide bonds. The molecule has 1 aliphatic rings. The summed E-state index contributed by atoms with van der Waals surface area (Å²) in [7, 11) is 0. The molecule has 0 spiro atoms. The van der Waals surface area contributed by atoms with Crippen LogP contribution >= 0.6 is 0 Å². The standard InChI is InChI=1S/C31H20N2O4/c34-29(32-28-12-6-8-20-7-4-5-11-25(20)28)21-13-18-26-27(19-21)31(36)33(30(26)35)22-14-16-24(17-15-22)37-23-9-2-1-3-10-23/h1-19H,(H,32,34). The Kier molecular flexibility index (Phi) is 5.47. The number of imide groups is 1. The SMILES string of the molecule is O=C(Nc1cccc2ccccc12)c1ccc2c(c1)C(=O)N(c1ccc(Oc3ccccc3)cc1)C2=O. The summed E-state index contributed by atoms with van der Waals surface area (Å²) < 4.78 is 5.80. The van der Waals surface area contributed by atoms with Crippen LogP contribution in [0.1, 0.15) is 31.1 Å². The van der Waals surface area contributed by atoms with Crippen LogP contribution in [0.4, 0.5) is 11.4 Å². The molecule has 5 aromatic carbocycles. The second-order valence-electron chi connectivity index (χ2n) is 8.60. The van der Waals surface area contributed by atoms with Gasteiger partial charge in [-0.3, -0.25) is 14.4 Å². The quantitative estimate of drug-likeness (QED) is 0.282. The van der Waals surface area contributed by atoms with Gasteiger partial charge in [-0.25, -0.2) is 4.90 Å². The minimum Gasteiger partial charge on any atom is -0.457 e. The molecule has 1 aliphatic heterocycles. The normalized spacial score (nSPS) is 12.5. The monoisotopic (exact) mass is 484 g/mol. The lowest BCUT2D eigenvalue weighted by Crippen LogP contribution is -2.29. The lowest BCUT2D eigenvalue weighted by molar-refractivity contribution is 0.0925. The summed E-state index contributed by atoms with van der Waals surface area (Å²) in [5.74, 6) is -0.00113. The zero-order valence-corrected chi connectivity index (χ0v) is 19.5. The Morgan fingerprint density at radius 1 is 0.649 bits per heavy atom. The molecule has 178 valence electrons. The maximum atomic E-state index is 13.2. The summed E-state index contributed by atoms with van der Waals surface area (Å²) >= 11 is 0. The highest BCUT2D eigenvalue weighted by Gasteiger charge is 2.37. The van der Waals surface area contributed by atoms with Crippen molar-refractivity contribution >= 4 is 39.9 Å². The fraction of sp³-hybridized carbons (Fsp3) is 0. The Morgan fingerprint density at radius 3 is 2.14 bits per heavy atom. The Labute approximate surface area is 212 Å². The molecular weight excluding hydrogens is 464 g/mol. The third-order valence-electron chi connectivity index (χ3n) is 6.26. The lowest BCUT2D eigenvalue weighted by atomic mass is 10.0. The number of nitrogens with one attached hydrogen (secondary N) is 1. The van der Waals surface area contributed by atoms with Gasteiger partial charge in [0.25, 0.3) is 17.7 Å². The Hall–Kier alpha value is -5.23. The van der Waals surface area contributed by atoms with Gasteiger partial charge in [-0.15, -0.1) is 0 Å². The van der Waals surface area contributed by atoms with E-state index in [1.165, 1.54) is 12.1 Å². The molecule has 37 heavy (non-hydrogen) atoms. The number of carbonyl (C=O) groups excluding carboxylic acids is 3. The van der Waals surface area contributed by atoms with Crippen molar-refractivity contribution in [3.8, 4) is 11.5 Å². The molecular formula is C31H20N2O4. The number of carbonyl (C=O) groups is 3. The highest BCUT2D eigenvalue weighted by atomic mass is 16.5. The van der Waals surface area contributed by atoms with Crippen molar-refractivity contribution in [1.29, 1.82) is 0 Å². The number of amides is 3. The molecule has 0 fully saturated rings. The molecule has 0 bridgehead atoms. The molecule has 6 rings (SSSR count). The second-order valence-corrected chi connectivity index (χ2v) is 8.60. The van der Waals surface area contributed by atoms with Gasteiger partial charge in [0.15, 0.2) is 0 Å². The van der Waals surface area contributed by atoms with Crippen LogP contribution in [0.5, 0.6) is 11.5 Å². The van der Waals surface area contributed by atoms with Crippen LogP contribution in [-0.2, 0) is 0 Å².